The fourth-order valence-corrected chi connectivity index (χ4v) is 3.97. The molecule has 0 aromatic carbocycles. The molecule has 4 heteroatoms. The van der Waals surface area contributed by atoms with Gasteiger partial charge in [0.15, 0.2) is 0 Å². The molecule has 2 fully saturated rings. The maximum Gasteiger partial charge on any atom is 0.0546 e. The highest BCUT2D eigenvalue weighted by Gasteiger charge is 2.39. The average Bonchev–Trinajstić information content (AvgIpc) is 2.78. The van der Waals surface area contributed by atoms with Crippen molar-refractivity contribution < 1.29 is 4.74 Å². The normalized spacial score (nSPS) is 35.0. The highest BCUT2D eigenvalue weighted by molar-refractivity contribution is 4.93. The van der Waals surface area contributed by atoms with Crippen LogP contribution in [0.4, 0.5) is 0 Å². The molecule has 0 aromatic rings. The van der Waals surface area contributed by atoms with Crippen LogP contribution < -0.4 is 5.32 Å². The van der Waals surface area contributed by atoms with Crippen molar-refractivity contribution >= 4 is 0 Å². The van der Waals surface area contributed by atoms with Crippen LogP contribution in [0, 0.1) is 11.3 Å². The summed E-state index contributed by atoms with van der Waals surface area (Å²) in [7, 11) is 4.43. The van der Waals surface area contributed by atoms with Crippen LogP contribution in [-0.4, -0.2) is 75.4 Å². The molecule has 0 spiro atoms. The van der Waals surface area contributed by atoms with E-state index in [1.54, 1.807) is 0 Å². The van der Waals surface area contributed by atoms with Crippen LogP contribution in [0.3, 0.4) is 0 Å². The Balaban J connectivity index is 1.95. The molecule has 2 saturated heterocycles. The second-order valence-corrected chi connectivity index (χ2v) is 7.89. The molecule has 21 heavy (non-hydrogen) atoms. The standard InChI is InChI=1S/C17H35N3O/c1-14(2)18-11-17(7-6-8-21-13-17)12-20-9-15(3)16(10-20)19(4)5/h14-16,18H,6-13H2,1-5H3. The fourth-order valence-electron chi connectivity index (χ4n) is 3.97. The quantitative estimate of drug-likeness (QED) is 0.807. The number of hydrogen-bond donors (Lipinski definition) is 1. The van der Waals surface area contributed by atoms with Gasteiger partial charge in [-0.05, 0) is 32.9 Å². The third kappa shape index (κ3) is 4.65. The van der Waals surface area contributed by atoms with Gasteiger partial charge in [-0.15, -0.1) is 0 Å². The summed E-state index contributed by atoms with van der Waals surface area (Å²) in [4.78, 5) is 5.06. The molecule has 3 atom stereocenters. The van der Waals surface area contributed by atoms with Crippen molar-refractivity contribution in [3.05, 3.63) is 0 Å². The van der Waals surface area contributed by atoms with E-state index in [4.69, 9.17) is 4.74 Å². The van der Waals surface area contributed by atoms with Crippen LogP contribution in [0.25, 0.3) is 0 Å². The van der Waals surface area contributed by atoms with Crippen LogP contribution >= 0.6 is 0 Å². The molecule has 0 aliphatic carbocycles. The van der Waals surface area contributed by atoms with Gasteiger partial charge >= 0.3 is 0 Å². The molecule has 4 nitrogen and oxygen atoms in total. The van der Waals surface area contributed by atoms with Crippen molar-refractivity contribution in [2.24, 2.45) is 11.3 Å². The smallest absolute Gasteiger partial charge is 0.0546 e. The Morgan fingerprint density at radius 1 is 1.33 bits per heavy atom. The Bertz CT molecular complexity index is 313. The molecule has 2 aliphatic rings. The first kappa shape index (κ1) is 17.2. The van der Waals surface area contributed by atoms with Gasteiger partial charge in [-0.25, -0.2) is 0 Å². The Labute approximate surface area is 131 Å². The van der Waals surface area contributed by atoms with Crippen molar-refractivity contribution in [1.29, 1.82) is 0 Å². The van der Waals surface area contributed by atoms with Gasteiger partial charge in [0.1, 0.15) is 0 Å². The minimum Gasteiger partial charge on any atom is -0.381 e. The highest BCUT2D eigenvalue weighted by Crippen LogP contribution is 2.32. The predicted molar refractivity (Wildman–Crippen MR) is 88.7 cm³/mol. The molecule has 0 saturated carbocycles. The number of nitrogens with zero attached hydrogens (tertiary/aromatic N) is 2. The second kappa shape index (κ2) is 7.40. The van der Waals surface area contributed by atoms with Crippen molar-refractivity contribution in [1.82, 2.24) is 15.1 Å². The van der Waals surface area contributed by atoms with Crippen LogP contribution in [0.1, 0.15) is 33.6 Å². The highest BCUT2D eigenvalue weighted by atomic mass is 16.5. The zero-order valence-corrected chi connectivity index (χ0v) is 14.7. The topological polar surface area (TPSA) is 27.7 Å². The largest absolute Gasteiger partial charge is 0.381 e. The number of rotatable bonds is 6. The summed E-state index contributed by atoms with van der Waals surface area (Å²) in [5, 5.41) is 3.66. The molecule has 2 heterocycles. The Kier molecular flexibility index (Phi) is 6.06. The van der Waals surface area contributed by atoms with Gasteiger partial charge in [0, 0.05) is 50.3 Å². The molecular weight excluding hydrogens is 262 g/mol. The first-order valence-corrected chi connectivity index (χ1v) is 8.62. The van der Waals surface area contributed by atoms with Crippen molar-refractivity contribution in [2.45, 2.75) is 45.7 Å². The molecular formula is C17H35N3O. The molecule has 2 aliphatic heterocycles. The predicted octanol–water partition coefficient (Wildman–Crippen LogP) is 1.66. The molecule has 0 bridgehead atoms. The summed E-state index contributed by atoms with van der Waals surface area (Å²) in [6.07, 6.45) is 2.50. The van der Waals surface area contributed by atoms with E-state index in [2.05, 4.69) is 50.0 Å². The number of likely N-dealkylation sites (N-methyl/N-ethyl adjacent to an activating group) is 1. The molecule has 2 rings (SSSR count). The van der Waals surface area contributed by atoms with Crippen molar-refractivity contribution in [3.8, 4) is 0 Å². The summed E-state index contributed by atoms with van der Waals surface area (Å²) in [5.41, 5.74) is 0.309. The Morgan fingerprint density at radius 2 is 2.10 bits per heavy atom. The number of ether oxygens (including phenoxy) is 1. The lowest BCUT2D eigenvalue weighted by Crippen LogP contribution is -2.50. The van der Waals surface area contributed by atoms with Gasteiger partial charge in [-0.1, -0.05) is 20.8 Å². The lowest BCUT2D eigenvalue weighted by atomic mass is 9.81. The van der Waals surface area contributed by atoms with E-state index in [0.717, 1.165) is 25.7 Å². The van der Waals surface area contributed by atoms with Gasteiger partial charge in [-0.3, -0.25) is 0 Å². The van der Waals surface area contributed by atoms with E-state index < -0.39 is 0 Å². The van der Waals surface area contributed by atoms with E-state index in [-0.39, 0.29) is 0 Å². The molecule has 124 valence electrons. The van der Waals surface area contributed by atoms with Gasteiger partial charge in [0.25, 0.3) is 0 Å². The first-order chi connectivity index (χ1) is 9.92. The zero-order chi connectivity index (χ0) is 15.5. The molecule has 0 aromatic heterocycles. The minimum absolute atomic E-state index is 0.309. The van der Waals surface area contributed by atoms with E-state index >= 15 is 0 Å². The summed E-state index contributed by atoms with van der Waals surface area (Å²) in [5.74, 6) is 0.764. The van der Waals surface area contributed by atoms with Crippen LogP contribution in [0.15, 0.2) is 0 Å². The summed E-state index contributed by atoms with van der Waals surface area (Å²) >= 11 is 0. The Hall–Kier alpha value is -0.160. The van der Waals surface area contributed by atoms with Crippen molar-refractivity contribution in [3.63, 3.8) is 0 Å². The fraction of sp³-hybridized carbons (Fsp3) is 1.00. The molecule has 1 N–H and O–H groups in total. The van der Waals surface area contributed by atoms with Crippen LogP contribution in [0.5, 0.6) is 0 Å². The van der Waals surface area contributed by atoms with Crippen LogP contribution in [-0.2, 0) is 4.74 Å². The van der Waals surface area contributed by atoms with E-state index in [1.807, 2.05) is 0 Å². The number of nitrogens with one attached hydrogen (secondary N) is 1. The summed E-state index contributed by atoms with van der Waals surface area (Å²) < 4.78 is 5.85. The Morgan fingerprint density at radius 3 is 2.62 bits per heavy atom. The summed E-state index contributed by atoms with van der Waals surface area (Å²) in [6, 6.07) is 1.25. The van der Waals surface area contributed by atoms with Gasteiger partial charge in [-0.2, -0.15) is 0 Å². The molecule has 0 radical (unpaired) electrons. The monoisotopic (exact) mass is 297 g/mol. The van der Waals surface area contributed by atoms with E-state index in [0.29, 0.717) is 17.5 Å². The van der Waals surface area contributed by atoms with Gasteiger partial charge < -0.3 is 19.9 Å². The number of likely N-dealkylation sites (tertiary alicyclic amines) is 1. The SMILES string of the molecule is CC(C)NCC1(CN2CC(C)C(N(C)C)C2)CCCOC1. The summed E-state index contributed by atoms with van der Waals surface area (Å²) in [6.45, 7) is 13.4. The van der Waals surface area contributed by atoms with Gasteiger partial charge in [0.2, 0.25) is 0 Å². The van der Waals surface area contributed by atoms with E-state index in [1.165, 1.54) is 32.5 Å². The molecule has 0 amide bonds. The van der Waals surface area contributed by atoms with Crippen LogP contribution in [0.2, 0.25) is 0 Å². The maximum atomic E-state index is 5.85. The molecule has 3 unspecified atom stereocenters. The minimum atomic E-state index is 0.309. The lowest BCUT2D eigenvalue weighted by molar-refractivity contribution is -0.0247. The lowest BCUT2D eigenvalue weighted by Gasteiger charge is -2.40. The third-order valence-electron chi connectivity index (χ3n) is 5.16. The zero-order valence-electron chi connectivity index (χ0n) is 14.7. The average molecular weight is 297 g/mol. The third-order valence-corrected chi connectivity index (χ3v) is 5.16. The maximum absolute atomic E-state index is 5.85. The van der Waals surface area contributed by atoms with Crippen molar-refractivity contribution in [2.75, 3.05) is 53.5 Å². The number of hydrogen-bond acceptors (Lipinski definition) is 4. The first-order valence-electron chi connectivity index (χ1n) is 8.62. The van der Waals surface area contributed by atoms with E-state index in [9.17, 15) is 0 Å². The second-order valence-electron chi connectivity index (χ2n) is 7.89. The van der Waals surface area contributed by atoms with Gasteiger partial charge in [0.05, 0.1) is 6.61 Å².